The number of benzene rings is 1. The SMILES string of the molecule is CC(=O)c1cccc(NC(=O)C(C)Sc2nnc(-c3ccco3)n2N)c1. The number of nitrogens with zero attached hydrogens (tertiary/aromatic N) is 3. The number of Topliss-reactive ketones (excluding diaryl/α,β-unsaturated/α-hetero) is 1. The van der Waals surface area contributed by atoms with E-state index >= 15 is 0 Å². The first-order valence-corrected chi connectivity index (χ1v) is 8.66. The first-order chi connectivity index (χ1) is 12.5. The summed E-state index contributed by atoms with van der Waals surface area (Å²) in [6, 6.07) is 10.2. The van der Waals surface area contributed by atoms with Gasteiger partial charge in [-0.05, 0) is 38.1 Å². The van der Waals surface area contributed by atoms with Gasteiger partial charge >= 0.3 is 0 Å². The summed E-state index contributed by atoms with van der Waals surface area (Å²) in [7, 11) is 0. The van der Waals surface area contributed by atoms with Gasteiger partial charge in [0, 0.05) is 11.3 Å². The number of carbonyl (C=O) groups excluding carboxylic acids is 2. The number of carbonyl (C=O) groups is 2. The van der Waals surface area contributed by atoms with E-state index in [9.17, 15) is 9.59 Å². The summed E-state index contributed by atoms with van der Waals surface area (Å²) in [6.07, 6.45) is 1.52. The Kier molecular flexibility index (Phi) is 5.08. The minimum absolute atomic E-state index is 0.0646. The van der Waals surface area contributed by atoms with Gasteiger partial charge in [-0.25, -0.2) is 4.68 Å². The fraction of sp³-hybridized carbons (Fsp3) is 0.176. The van der Waals surface area contributed by atoms with Crippen LogP contribution in [-0.4, -0.2) is 31.8 Å². The Bertz CT molecular complexity index is 936. The quantitative estimate of drug-likeness (QED) is 0.388. The van der Waals surface area contributed by atoms with Gasteiger partial charge < -0.3 is 15.6 Å². The van der Waals surface area contributed by atoms with Gasteiger partial charge in [-0.2, -0.15) is 0 Å². The molecule has 2 aromatic heterocycles. The summed E-state index contributed by atoms with van der Waals surface area (Å²) in [5, 5.41) is 10.7. The normalized spacial score (nSPS) is 11.9. The van der Waals surface area contributed by atoms with E-state index < -0.39 is 5.25 Å². The maximum atomic E-state index is 12.4. The second kappa shape index (κ2) is 7.44. The first kappa shape index (κ1) is 17.7. The van der Waals surface area contributed by atoms with Crippen LogP contribution >= 0.6 is 11.8 Å². The predicted molar refractivity (Wildman–Crippen MR) is 98.3 cm³/mol. The number of nitrogens with two attached hydrogens (primary N) is 1. The number of hydrogen-bond donors (Lipinski definition) is 2. The van der Waals surface area contributed by atoms with Crippen molar-refractivity contribution in [3.05, 3.63) is 48.2 Å². The highest BCUT2D eigenvalue weighted by atomic mass is 32.2. The van der Waals surface area contributed by atoms with Gasteiger partial charge in [0.2, 0.25) is 16.9 Å². The van der Waals surface area contributed by atoms with Crippen LogP contribution in [0.15, 0.2) is 52.2 Å². The molecule has 9 heteroatoms. The van der Waals surface area contributed by atoms with E-state index in [1.54, 1.807) is 43.3 Å². The first-order valence-electron chi connectivity index (χ1n) is 7.78. The van der Waals surface area contributed by atoms with E-state index in [-0.39, 0.29) is 11.7 Å². The molecule has 3 aromatic rings. The number of nitrogen functional groups attached to an aromatic ring is 1. The highest BCUT2D eigenvalue weighted by molar-refractivity contribution is 8.00. The third-order valence-corrected chi connectivity index (χ3v) is 4.65. The van der Waals surface area contributed by atoms with Crippen molar-refractivity contribution in [1.29, 1.82) is 0 Å². The Hall–Kier alpha value is -3.07. The molecule has 134 valence electrons. The molecular formula is C17H17N5O3S. The van der Waals surface area contributed by atoms with Gasteiger partial charge in [-0.1, -0.05) is 23.9 Å². The van der Waals surface area contributed by atoms with Gasteiger partial charge in [0.05, 0.1) is 11.5 Å². The molecule has 26 heavy (non-hydrogen) atoms. The molecule has 0 saturated heterocycles. The van der Waals surface area contributed by atoms with Crippen LogP contribution in [0.3, 0.4) is 0 Å². The average molecular weight is 371 g/mol. The molecular weight excluding hydrogens is 354 g/mol. The number of rotatable bonds is 6. The average Bonchev–Trinajstić information content (AvgIpc) is 3.25. The molecule has 2 heterocycles. The Balaban J connectivity index is 1.68. The number of anilines is 1. The van der Waals surface area contributed by atoms with Gasteiger partial charge in [0.25, 0.3) is 0 Å². The van der Waals surface area contributed by atoms with E-state index in [4.69, 9.17) is 10.3 Å². The van der Waals surface area contributed by atoms with E-state index in [1.807, 2.05) is 0 Å². The van der Waals surface area contributed by atoms with Crippen LogP contribution in [0, 0.1) is 0 Å². The second-order valence-electron chi connectivity index (χ2n) is 5.54. The predicted octanol–water partition coefficient (Wildman–Crippen LogP) is 2.57. The molecule has 3 N–H and O–H groups in total. The number of ketones is 1. The summed E-state index contributed by atoms with van der Waals surface area (Å²) < 4.78 is 6.54. The van der Waals surface area contributed by atoms with Crippen LogP contribution in [0.5, 0.6) is 0 Å². The lowest BCUT2D eigenvalue weighted by atomic mass is 10.1. The summed E-state index contributed by atoms with van der Waals surface area (Å²) in [6.45, 7) is 3.21. The molecule has 1 atom stereocenters. The third kappa shape index (κ3) is 3.77. The topological polar surface area (TPSA) is 116 Å². The highest BCUT2D eigenvalue weighted by Crippen LogP contribution is 2.25. The van der Waals surface area contributed by atoms with Crippen molar-refractivity contribution in [2.45, 2.75) is 24.3 Å². The van der Waals surface area contributed by atoms with Crippen molar-refractivity contribution in [2.24, 2.45) is 0 Å². The molecule has 0 aliphatic rings. The third-order valence-electron chi connectivity index (χ3n) is 3.59. The molecule has 0 aliphatic carbocycles. The fourth-order valence-electron chi connectivity index (χ4n) is 2.20. The summed E-state index contributed by atoms with van der Waals surface area (Å²) in [5.41, 5.74) is 1.09. The number of hydrogen-bond acceptors (Lipinski definition) is 7. The monoisotopic (exact) mass is 371 g/mol. The molecule has 0 saturated carbocycles. The summed E-state index contributed by atoms with van der Waals surface area (Å²) in [5.74, 6) is 6.55. The standard InChI is InChI=1S/C17H17N5O3S/c1-10(23)12-5-3-6-13(9-12)19-16(24)11(2)26-17-21-20-15(22(17)18)14-7-4-8-25-14/h3-9,11H,18H2,1-2H3,(H,19,24). The van der Waals surface area contributed by atoms with Crippen molar-refractivity contribution in [1.82, 2.24) is 14.9 Å². The van der Waals surface area contributed by atoms with Crippen molar-refractivity contribution < 1.29 is 14.0 Å². The molecule has 0 bridgehead atoms. The molecule has 1 aromatic carbocycles. The second-order valence-corrected chi connectivity index (χ2v) is 6.85. The molecule has 1 amide bonds. The fourth-order valence-corrected chi connectivity index (χ4v) is 2.97. The maximum absolute atomic E-state index is 12.4. The lowest BCUT2D eigenvalue weighted by Crippen LogP contribution is -2.23. The number of nitrogens with one attached hydrogen (secondary N) is 1. The summed E-state index contributed by atoms with van der Waals surface area (Å²) in [4.78, 5) is 23.9. The van der Waals surface area contributed by atoms with Crippen molar-refractivity contribution in [2.75, 3.05) is 11.2 Å². The zero-order valence-electron chi connectivity index (χ0n) is 14.2. The number of aromatic nitrogens is 3. The van der Waals surface area contributed by atoms with Crippen LogP contribution in [0.1, 0.15) is 24.2 Å². The number of furan rings is 1. The Labute approximate surface area is 153 Å². The molecule has 0 aliphatic heterocycles. The van der Waals surface area contributed by atoms with E-state index in [1.165, 1.54) is 29.6 Å². The zero-order chi connectivity index (χ0) is 18.7. The van der Waals surface area contributed by atoms with Gasteiger partial charge in [0.15, 0.2) is 11.5 Å². The smallest absolute Gasteiger partial charge is 0.237 e. The molecule has 0 radical (unpaired) electrons. The van der Waals surface area contributed by atoms with Crippen LogP contribution in [0.4, 0.5) is 5.69 Å². The molecule has 0 fully saturated rings. The molecule has 3 rings (SSSR count). The van der Waals surface area contributed by atoms with Crippen molar-refractivity contribution in [3.8, 4) is 11.6 Å². The van der Waals surface area contributed by atoms with Crippen LogP contribution < -0.4 is 11.2 Å². The van der Waals surface area contributed by atoms with E-state index in [0.717, 1.165) is 0 Å². The van der Waals surface area contributed by atoms with Crippen LogP contribution in [0.2, 0.25) is 0 Å². The number of thioether (sulfide) groups is 1. The zero-order valence-corrected chi connectivity index (χ0v) is 15.0. The van der Waals surface area contributed by atoms with Gasteiger partial charge in [-0.15, -0.1) is 10.2 Å². The number of amides is 1. The van der Waals surface area contributed by atoms with E-state index in [2.05, 4.69) is 15.5 Å². The van der Waals surface area contributed by atoms with E-state index in [0.29, 0.717) is 28.0 Å². The molecule has 8 nitrogen and oxygen atoms in total. The van der Waals surface area contributed by atoms with Crippen molar-refractivity contribution in [3.63, 3.8) is 0 Å². The minimum Gasteiger partial charge on any atom is -0.461 e. The largest absolute Gasteiger partial charge is 0.461 e. The molecule has 1 unspecified atom stereocenters. The lowest BCUT2D eigenvalue weighted by Gasteiger charge is -2.12. The Morgan fingerprint density at radius 3 is 2.77 bits per heavy atom. The van der Waals surface area contributed by atoms with Gasteiger partial charge in [-0.3, -0.25) is 9.59 Å². The molecule has 0 spiro atoms. The van der Waals surface area contributed by atoms with Gasteiger partial charge in [0.1, 0.15) is 0 Å². The maximum Gasteiger partial charge on any atom is 0.237 e. The lowest BCUT2D eigenvalue weighted by molar-refractivity contribution is -0.115. The van der Waals surface area contributed by atoms with Crippen LogP contribution in [-0.2, 0) is 4.79 Å². The minimum atomic E-state index is -0.480. The van der Waals surface area contributed by atoms with Crippen LogP contribution in [0.25, 0.3) is 11.6 Å². The van der Waals surface area contributed by atoms with Crippen molar-refractivity contribution >= 4 is 29.1 Å². The summed E-state index contributed by atoms with van der Waals surface area (Å²) >= 11 is 1.17. The highest BCUT2D eigenvalue weighted by Gasteiger charge is 2.21. The Morgan fingerprint density at radius 2 is 2.08 bits per heavy atom. The Morgan fingerprint density at radius 1 is 1.27 bits per heavy atom.